The van der Waals surface area contributed by atoms with E-state index >= 15 is 0 Å². The van der Waals surface area contributed by atoms with Crippen molar-refractivity contribution in [3.8, 4) is 0 Å². The summed E-state index contributed by atoms with van der Waals surface area (Å²) >= 11 is 0. The summed E-state index contributed by atoms with van der Waals surface area (Å²) in [4.78, 5) is 0. The van der Waals surface area contributed by atoms with Crippen LogP contribution in [0.1, 0.15) is 46.5 Å². The van der Waals surface area contributed by atoms with Gasteiger partial charge < -0.3 is 0 Å². The van der Waals surface area contributed by atoms with E-state index in [9.17, 15) is 0 Å². The van der Waals surface area contributed by atoms with Gasteiger partial charge in [-0.1, -0.05) is 70.6 Å². The Bertz CT molecular complexity index is 110. The zero-order valence-electron chi connectivity index (χ0n) is 9.68. The lowest BCUT2D eigenvalue weighted by molar-refractivity contribution is 0.839. The van der Waals surface area contributed by atoms with Gasteiger partial charge in [0.2, 0.25) is 0 Å². The maximum Gasteiger partial charge on any atom is 0.143 e. The summed E-state index contributed by atoms with van der Waals surface area (Å²) < 4.78 is 0. The van der Waals surface area contributed by atoms with Crippen LogP contribution in [0.15, 0.2) is 12.2 Å². The summed E-state index contributed by atoms with van der Waals surface area (Å²) in [6, 6.07) is 0. The fourth-order valence-electron chi connectivity index (χ4n) is 1.69. The van der Waals surface area contributed by atoms with Gasteiger partial charge in [-0.3, -0.25) is 0 Å². The van der Waals surface area contributed by atoms with E-state index < -0.39 is 0 Å². The summed E-state index contributed by atoms with van der Waals surface area (Å²) in [5, 5.41) is 0. The van der Waals surface area contributed by atoms with Crippen molar-refractivity contribution in [1.82, 2.24) is 0 Å². The lowest BCUT2D eigenvalue weighted by Crippen LogP contribution is -2.10. The molecule has 0 N–H and O–H groups in total. The lowest BCUT2D eigenvalue weighted by atomic mass is 9.41. The molecule has 0 fully saturated rings. The second-order valence-electron chi connectivity index (χ2n) is 3.96. The quantitative estimate of drug-likeness (QED) is 0.376. The first-order valence-electron chi connectivity index (χ1n) is 5.96. The van der Waals surface area contributed by atoms with Crippen LogP contribution in [0.25, 0.3) is 0 Å². The van der Waals surface area contributed by atoms with Crippen molar-refractivity contribution >= 4 is 6.71 Å². The van der Waals surface area contributed by atoms with E-state index in [1.165, 1.54) is 44.6 Å². The average molecular weight is 180 g/mol. The third kappa shape index (κ3) is 8.14. The van der Waals surface area contributed by atoms with Gasteiger partial charge in [0, 0.05) is 0 Å². The first-order chi connectivity index (χ1) is 6.35. The summed E-state index contributed by atoms with van der Waals surface area (Å²) in [6.07, 6.45) is 14.2. The molecule has 0 aliphatic carbocycles. The predicted molar refractivity (Wildman–Crippen MR) is 64.8 cm³/mol. The van der Waals surface area contributed by atoms with Gasteiger partial charge in [-0.05, 0) is 6.92 Å². The molecule has 0 unspecified atom stereocenters. The maximum atomic E-state index is 2.33. The number of hydrogen-bond donors (Lipinski definition) is 0. The van der Waals surface area contributed by atoms with Crippen molar-refractivity contribution in [3.63, 3.8) is 0 Å². The molecule has 0 aromatic rings. The molecule has 13 heavy (non-hydrogen) atoms. The Morgan fingerprint density at radius 3 is 1.92 bits per heavy atom. The monoisotopic (exact) mass is 180 g/mol. The van der Waals surface area contributed by atoms with E-state index in [2.05, 4.69) is 32.9 Å². The molecule has 0 aromatic heterocycles. The molecule has 0 saturated heterocycles. The third-order valence-electron chi connectivity index (χ3n) is 2.64. The molecule has 0 rings (SSSR count). The van der Waals surface area contributed by atoms with Crippen molar-refractivity contribution < 1.29 is 0 Å². The molecular weight excluding hydrogens is 155 g/mol. The minimum atomic E-state index is 0.955. The summed E-state index contributed by atoms with van der Waals surface area (Å²) in [7, 11) is 0. The molecule has 0 aromatic carbocycles. The number of rotatable bonds is 8. The molecule has 0 aliphatic heterocycles. The number of hydrogen-bond acceptors (Lipinski definition) is 0. The largest absolute Gasteiger partial charge is 0.143 e. The van der Waals surface area contributed by atoms with Gasteiger partial charge in [-0.2, -0.15) is 0 Å². The molecule has 1 heteroatoms. The number of allylic oxidation sites excluding steroid dienone is 2. The summed E-state index contributed by atoms with van der Waals surface area (Å²) in [5.41, 5.74) is 0. The normalized spacial score (nSPS) is 11.0. The van der Waals surface area contributed by atoms with Gasteiger partial charge in [0.1, 0.15) is 6.71 Å². The van der Waals surface area contributed by atoms with Crippen molar-refractivity contribution in [2.24, 2.45) is 0 Å². The van der Waals surface area contributed by atoms with Crippen LogP contribution >= 0.6 is 0 Å². The van der Waals surface area contributed by atoms with E-state index in [1.54, 1.807) is 0 Å². The van der Waals surface area contributed by atoms with E-state index in [0.717, 1.165) is 6.71 Å². The summed E-state index contributed by atoms with van der Waals surface area (Å²) in [6.45, 7) is 7.64. The van der Waals surface area contributed by atoms with Crippen LogP contribution in [0.4, 0.5) is 0 Å². The molecule has 0 aliphatic rings. The van der Waals surface area contributed by atoms with E-state index in [-0.39, 0.29) is 0 Å². The molecule has 0 saturated carbocycles. The highest BCUT2D eigenvalue weighted by Gasteiger charge is 2.09. The molecular formula is C12H25B. The topological polar surface area (TPSA) is 0 Å². The smallest absolute Gasteiger partial charge is 0.0960 e. The van der Waals surface area contributed by atoms with Crippen LogP contribution in [-0.4, -0.2) is 6.71 Å². The third-order valence-corrected chi connectivity index (χ3v) is 2.64. The van der Waals surface area contributed by atoms with Gasteiger partial charge in [0.25, 0.3) is 0 Å². The van der Waals surface area contributed by atoms with Crippen molar-refractivity contribution in [2.75, 3.05) is 0 Å². The van der Waals surface area contributed by atoms with E-state index in [4.69, 9.17) is 0 Å². The van der Waals surface area contributed by atoms with Gasteiger partial charge in [0.15, 0.2) is 0 Å². The Labute approximate surface area is 84.9 Å². The van der Waals surface area contributed by atoms with E-state index in [1.807, 2.05) is 0 Å². The molecule has 76 valence electrons. The predicted octanol–water partition coefficient (Wildman–Crippen LogP) is 4.66. The van der Waals surface area contributed by atoms with Crippen LogP contribution < -0.4 is 0 Å². The first kappa shape index (κ1) is 12.8. The van der Waals surface area contributed by atoms with Crippen LogP contribution in [0.5, 0.6) is 0 Å². The molecule has 0 radical (unpaired) electrons. The Hall–Kier alpha value is -0.195. The fourth-order valence-corrected chi connectivity index (χ4v) is 1.69. The lowest BCUT2D eigenvalue weighted by Gasteiger charge is -2.09. The standard InChI is InChI=1S/C12H25B/c1-4-7-10-13(11-8-5-2)12-9-6-3/h4,7H,5-6,8-12H2,1-3H3/b7-4+. The number of unbranched alkanes of at least 4 members (excludes halogenated alkanes) is 2. The van der Waals surface area contributed by atoms with E-state index in [0.29, 0.717) is 0 Å². The zero-order valence-corrected chi connectivity index (χ0v) is 9.68. The fraction of sp³-hybridized carbons (Fsp3) is 0.833. The highest BCUT2D eigenvalue weighted by atomic mass is 13.9. The average Bonchev–Trinajstić information content (AvgIpc) is 2.17. The van der Waals surface area contributed by atoms with Gasteiger partial charge >= 0.3 is 0 Å². The molecule has 0 amide bonds. The van der Waals surface area contributed by atoms with Crippen LogP contribution in [-0.2, 0) is 0 Å². The second kappa shape index (κ2) is 9.89. The molecule has 0 heterocycles. The Kier molecular flexibility index (Phi) is 9.74. The van der Waals surface area contributed by atoms with Crippen LogP contribution in [0.3, 0.4) is 0 Å². The summed E-state index contributed by atoms with van der Waals surface area (Å²) in [5.74, 6) is 0. The Morgan fingerprint density at radius 2 is 1.54 bits per heavy atom. The highest BCUT2D eigenvalue weighted by Crippen LogP contribution is 2.14. The van der Waals surface area contributed by atoms with Crippen molar-refractivity contribution in [3.05, 3.63) is 12.2 Å². The first-order valence-corrected chi connectivity index (χ1v) is 5.96. The Morgan fingerprint density at radius 1 is 1.00 bits per heavy atom. The Balaban J connectivity index is 3.59. The SMILES string of the molecule is C/C=C/CB(CCCC)CCCC. The maximum absolute atomic E-state index is 2.33. The van der Waals surface area contributed by atoms with Gasteiger partial charge in [0.05, 0.1) is 0 Å². The van der Waals surface area contributed by atoms with Crippen LogP contribution in [0.2, 0.25) is 19.0 Å². The van der Waals surface area contributed by atoms with Crippen LogP contribution in [0, 0.1) is 0 Å². The molecule has 0 bridgehead atoms. The zero-order chi connectivity index (χ0) is 9.94. The minimum absolute atomic E-state index is 0.955. The minimum Gasteiger partial charge on any atom is -0.0960 e. The highest BCUT2D eigenvalue weighted by molar-refractivity contribution is 6.59. The van der Waals surface area contributed by atoms with Crippen molar-refractivity contribution in [1.29, 1.82) is 0 Å². The second-order valence-corrected chi connectivity index (χ2v) is 3.96. The van der Waals surface area contributed by atoms with Gasteiger partial charge in [-0.15, -0.1) is 0 Å². The van der Waals surface area contributed by atoms with Gasteiger partial charge in [-0.25, -0.2) is 0 Å². The molecule has 0 spiro atoms. The molecule has 0 nitrogen and oxygen atoms in total. The molecule has 0 atom stereocenters. The van der Waals surface area contributed by atoms with Crippen molar-refractivity contribution in [2.45, 2.75) is 65.4 Å².